The average Bonchev–Trinajstić information content (AvgIpc) is 3.30. The molecule has 1 saturated carbocycles. The predicted molar refractivity (Wildman–Crippen MR) is 87.2 cm³/mol. The molecule has 1 aliphatic carbocycles. The summed E-state index contributed by atoms with van der Waals surface area (Å²) in [4.78, 5) is 24.5. The standard InChI is InChI=1S/C18H25FN2O2/c1-13(2)7-11-20-16(22)18(9-10-18)17(23)21-12-8-14-3-5-15(19)6-4-14/h3-6,13H,7-12H2,1-2H3,(H,20,22)(H,21,23). The maximum absolute atomic E-state index is 12.8. The fourth-order valence-electron chi connectivity index (χ4n) is 2.47. The SMILES string of the molecule is CC(C)CCNC(=O)C1(C(=O)NCCc2ccc(F)cc2)CC1. The number of hydrogen-bond donors (Lipinski definition) is 2. The Hall–Kier alpha value is -1.91. The Kier molecular flexibility index (Phi) is 5.74. The monoisotopic (exact) mass is 320 g/mol. The van der Waals surface area contributed by atoms with E-state index in [1.165, 1.54) is 12.1 Å². The van der Waals surface area contributed by atoms with Gasteiger partial charge < -0.3 is 10.6 Å². The molecule has 2 amide bonds. The van der Waals surface area contributed by atoms with Crippen LogP contribution in [0.3, 0.4) is 0 Å². The molecule has 5 heteroatoms. The molecule has 0 heterocycles. The highest BCUT2D eigenvalue weighted by Gasteiger charge is 2.56. The van der Waals surface area contributed by atoms with Gasteiger partial charge in [-0.2, -0.15) is 0 Å². The number of carbonyl (C=O) groups is 2. The molecule has 0 bridgehead atoms. The summed E-state index contributed by atoms with van der Waals surface area (Å²) in [5, 5.41) is 5.71. The number of rotatable bonds is 8. The highest BCUT2D eigenvalue weighted by Crippen LogP contribution is 2.46. The van der Waals surface area contributed by atoms with E-state index in [0.717, 1.165) is 12.0 Å². The number of hydrogen-bond acceptors (Lipinski definition) is 2. The molecule has 23 heavy (non-hydrogen) atoms. The highest BCUT2D eigenvalue weighted by molar-refractivity contribution is 6.07. The van der Waals surface area contributed by atoms with E-state index in [2.05, 4.69) is 24.5 Å². The quantitative estimate of drug-likeness (QED) is 0.723. The molecule has 0 unspecified atom stereocenters. The molecule has 126 valence electrons. The van der Waals surface area contributed by atoms with Crippen LogP contribution in [0.2, 0.25) is 0 Å². The molecule has 0 spiro atoms. The molecule has 0 aliphatic heterocycles. The Morgan fingerprint density at radius 2 is 1.65 bits per heavy atom. The summed E-state index contributed by atoms with van der Waals surface area (Å²) >= 11 is 0. The molecule has 1 aromatic carbocycles. The van der Waals surface area contributed by atoms with E-state index in [1.807, 2.05) is 0 Å². The predicted octanol–water partition coefficient (Wildman–Crippen LogP) is 2.43. The van der Waals surface area contributed by atoms with Crippen LogP contribution in [0, 0.1) is 17.2 Å². The van der Waals surface area contributed by atoms with Gasteiger partial charge in [-0.15, -0.1) is 0 Å². The normalized spacial score (nSPS) is 15.3. The van der Waals surface area contributed by atoms with Gasteiger partial charge in [-0.3, -0.25) is 9.59 Å². The molecule has 2 rings (SSSR count). The second kappa shape index (κ2) is 7.57. The zero-order chi connectivity index (χ0) is 16.9. The van der Waals surface area contributed by atoms with Crippen LogP contribution in [0.5, 0.6) is 0 Å². The maximum Gasteiger partial charge on any atom is 0.235 e. The van der Waals surface area contributed by atoms with Gasteiger partial charge in [-0.05, 0) is 49.3 Å². The van der Waals surface area contributed by atoms with Crippen LogP contribution in [0.1, 0.15) is 38.7 Å². The first-order valence-electron chi connectivity index (χ1n) is 8.25. The molecular formula is C18H25FN2O2. The van der Waals surface area contributed by atoms with Gasteiger partial charge in [0.15, 0.2) is 0 Å². The minimum absolute atomic E-state index is 0.155. The van der Waals surface area contributed by atoms with Crippen molar-refractivity contribution in [3.8, 4) is 0 Å². The molecule has 1 aromatic rings. The lowest BCUT2D eigenvalue weighted by atomic mass is 10.0. The Balaban J connectivity index is 1.76. The second-order valence-electron chi connectivity index (χ2n) is 6.65. The first-order valence-corrected chi connectivity index (χ1v) is 8.25. The summed E-state index contributed by atoms with van der Waals surface area (Å²) < 4.78 is 12.8. The van der Waals surface area contributed by atoms with Crippen LogP contribution in [0.25, 0.3) is 0 Å². The zero-order valence-electron chi connectivity index (χ0n) is 13.8. The van der Waals surface area contributed by atoms with Gasteiger partial charge in [-0.25, -0.2) is 4.39 Å². The number of nitrogens with one attached hydrogen (secondary N) is 2. The lowest BCUT2D eigenvalue weighted by Gasteiger charge is -2.16. The van der Waals surface area contributed by atoms with Gasteiger partial charge in [0.2, 0.25) is 11.8 Å². The minimum Gasteiger partial charge on any atom is -0.355 e. The summed E-state index contributed by atoms with van der Waals surface area (Å²) in [6, 6.07) is 6.21. The van der Waals surface area contributed by atoms with Crippen molar-refractivity contribution >= 4 is 11.8 Å². The van der Waals surface area contributed by atoms with E-state index in [9.17, 15) is 14.0 Å². The van der Waals surface area contributed by atoms with Gasteiger partial charge in [0.25, 0.3) is 0 Å². The van der Waals surface area contributed by atoms with Crippen LogP contribution in [-0.2, 0) is 16.0 Å². The third-order valence-electron chi connectivity index (χ3n) is 4.24. The number of halogens is 1. The summed E-state index contributed by atoms with van der Waals surface area (Å²) in [5.41, 5.74) is 0.0951. The number of benzene rings is 1. The van der Waals surface area contributed by atoms with Gasteiger partial charge in [0.05, 0.1) is 0 Å². The minimum atomic E-state index is -0.861. The average molecular weight is 320 g/mol. The lowest BCUT2D eigenvalue weighted by molar-refractivity contribution is -0.137. The highest BCUT2D eigenvalue weighted by atomic mass is 19.1. The molecule has 0 aromatic heterocycles. The van der Waals surface area contributed by atoms with Gasteiger partial charge in [0, 0.05) is 13.1 Å². The Morgan fingerprint density at radius 3 is 2.17 bits per heavy atom. The summed E-state index contributed by atoms with van der Waals surface area (Å²) in [7, 11) is 0. The van der Waals surface area contributed by atoms with Crippen LogP contribution in [0.4, 0.5) is 4.39 Å². The molecule has 0 atom stereocenters. The van der Waals surface area contributed by atoms with Crippen LogP contribution >= 0.6 is 0 Å². The molecule has 1 fully saturated rings. The van der Waals surface area contributed by atoms with E-state index in [-0.39, 0.29) is 17.6 Å². The van der Waals surface area contributed by atoms with Crippen molar-refractivity contribution in [1.82, 2.24) is 10.6 Å². The van der Waals surface area contributed by atoms with Crippen molar-refractivity contribution in [2.75, 3.05) is 13.1 Å². The summed E-state index contributed by atoms with van der Waals surface area (Å²) in [6.07, 6.45) is 2.76. The fourth-order valence-corrected chi connectivity index (χ4v) is 2.47. The van der Waals surface area contributed by atoms with Crippen molar-refractivity contribution in [2.45, 2.75) is 39.5 Å². The third kappa shape index (κ3) is 4.78. The molecule has 0 saturated heterocycles. The van der Waals surface area contributed by atoms with Crippen LogP contribution in [0.15, 0.2) is 24.3 Å². The first-order chi connectivity index (χ1) is 10.9. The molecular weight excluding hydrogens is 295 g/mol. The van der Waals surface area contributed by atoms with Gasteiger partial charge >= 0.3 is 0 Å². The Bertz CT molecular complexity index is 551. The van der Waals surface area contributed by atoms with Gasteiger partial charge in [0.1, 0.15) is 11.2 Å². The fraction of sp³-hybridized carbons (Fsp3) is 0.556. The van der Waals surface area contributed by atoms with Crippen molar-refractivity contribution in [2.24, 2.45) is 11.3 Å². The van der Waals surface area contributed by atoms with Crippen molar-refractivity contribution < 1.29 is 14.0 Å². The van der Waals surface area contributed by atoms with E-state index < -0.39 is 5.41 Å². The number of amides is 2. The van der Waals surface area contributed by atoms with Gasteiger partial charge in [-0.1, -0.05) is 26.0 Å². The third-order valence-corrected chi connectivity index (χ3v) is 4.24. The van der Waals surface area contributed by atoms with Crippen molar-refractivity contribution in [3.05, 3.63) is 35.6 Å². The smallest absolute Gasteiger partial charge is 0.235 e. The van der Waals surface area contributed by atoms with E-state index in [4.69, 9.17) is 0 Å². The Morgan fingerprint density at radius 1 is 1.09 bits per heavy atom. The molecule has 0 radical (unpaired) electrons. The molecule has 4 nitrogen and oxygen atoms in total. The Labute approximate surface area is 136 Å². The van der Waals surface area contributed by atoms with Crippen LogP contribution in [-0.4, -0.2) is 24.9 Å². The van der Waals surface area contributed by atoms with E-state index >= 15 is 0 Å². The molecule has 1 aliphatic rings. The summed E-state index contributed by atoms with van der Waals surface area (Å²) in [5.74, 6) is -0.0955. The number of carbonyl (C=O) groups excluding carboxylic acids is 2. The van der Waals surface area contributed by atoms with Crippen molar-refractivity contribution in [1.29, 1.82) is 0 Å². The zero-order valence-corrected chi connectivity index (χ0v) is 13.8. The van der Waals surface area contributed by atoms with E-state index in [1.54, 1.807) is 12.1 Å². The molecule has 2 N–H and O–H groups in total. The second-order valence-corrected chi connectivity index (χ2v) is 6.65. The topological polar surface area (TPSA) is 58.2 Å². The first kappa shape index (κ1) is 17.4. The van der Waals surface area contributed by atoms with Crippen molar-refractivity contribution in [3.63, 3.8) is 0 Å². The maximum atomic E-state index is 12.8. The summed E-state index contributed by atoms with van der Waals surface area (Å²) in [6.45, 7) is 5.26. The lowest BCUT2D eigenvalue weighted by Crippen LogP contribution is -2.44. The van der Waals surface area contributed by atoms with Crippen LogP contribution < -0.4 is 10.6 Å². The van der Waals surface area contributed by atoms with E-state index in [0.29, 0.717) is 38.3 Å². The largest absolute Gasteiger partial charge is 0.355 e.